The summed E-state index contributed by atoms with van der Waals surface area (Å²) < 4.78 is 0. The summed E-state index contributed by atoms with van der Waals surface area (Å²) in [7, 11) is 0. The smallest absolute Gasteiger partial charge is 0.237 e. The summed E-state index contributed by atoms with van der Waals surface area (Å²) in [5.74, 6) is 0.0433. The highest BCUT2D eigenvalue weighted by molar-refractivity contribution is 5.81. The topological polar surface area (TPSA) is 75.3 Å². The van der Waals surface area contributed by atoms with Crippen molar-refractivity contribution in [3.8, 4) is 0 Å². The molecule has 0 fully saturated rings. The molecule has 1 aromatic rings. The number of nitrogens with one attached hydrogen (secondary N) is 1. The fraction of sp³-hybridized carbons (Fsp3) is 0.588. The summed E-state index contributed by atoms with van der Waals surface area (Å²) in [5, 5.41) is 12.7. The molecule has 0 spiro atoms. The molecule has 0 aliphatic carbocycles. The van der Waals surface area contributed by atoms with Crippen molar-refractivity contribution in [1.82, 2.24) is 5.32 Å². The van der Waals surface area contributed by atoms with Crippen LogP contribution >= 0.6 is 0 Å². The maximum Gasteiger partial charge on any atom is 0.237 e. The Morgan fingerprint density at radius 3 is 2.43 bits per heavy atom. The first-order chi connectivity index (χ1) is 10.1. The third kappa shape index (κ3) is 6.27. The Morgan fingerprint density at radius 1 is 1.24 bits per heavy atom. The van der Waals surface area contributed by atoms with Gasteiger partial charge in [0.05, 0.1) is 12.1 Å². The molecule has 1 amide bonds. The Labute approximate surface area is 127 Å². The van der Waals surface area contributed by atoms with E-state index in [2.05, 4.69) is 5.32 Å². The quantitative estimate of drug-likeness (QED) is 0.650. The predicted molar refractivity (Wildman–Crippen MR) is 85.8 cm³/mol. The molecule has 0 saturated carbocycles. The fourth-order valence-corrected chi connectivity index (χ4v) is 2.43. The van der Waals surface area contributed by atoms with E-state index in [1.54, 1.807) is 0 Å². The molecule has 0 aromatic heterocycles. The molecule has 2 atom stereocenters. The van der Waals surface area contributed by atoms with Crippen LogP contribution in [0.5, 0.6) is 0 Å². The molecule has 0 aliphatic heterocycles. The van der Waals surface area contributed by atoms with Crippen LogP contribution in [0.15, 0.2) is 30.3 Å². The van der Waals surface area contributed by atoms with Gasteiger partial charge in [0, 0.05) is 6.54 Å². The number of nitrogens with two attached hydrogens (primary N) is 1. The van der Waals surface area contributed by atoms with Crippen LogP contribution in [0.3, 0.4) is 0 Å². The second kappa shape index (κ2) is 9.53. The van der Waals surface area contributed by atoms with Gasteiger partial charge in [-0.1, -0.05) is 57.0 Å². The molecular weight excluding hydrogens is 264 g/mol. The minimum atomic E-state index is -0.529. The first kappa shape index (κ1) is 17.7. The van der Waals surface area contributed by atoms with Crippen molar-refractivity contribution in [2.24, 2.45) is 11.7 Å². The molecule has 0 aliphatic rings. The van der Waals surface area contributed by atoms with Gasteiger partial charge in [-0.3, -0.25) is 4.79 Å². The van der Waals surface area contributed by atoms with Gasteiger partial charge >= 0.3 is 0 Å². The lowest BCUT2D eigenvalue weighted by molar-refractivity contribution is -0.123. The summed E-state index contributed by atoms with van der Waals surface area (Å²) in [6.45, 7) is 4.37. The Balaban J connectivity index is 2.31. The van der Waals surface area contributed by atoms with Gasteiger partial charge in [-0.15, -0.1) is 0 Å². The third-order valence-corrected chi connectivity index (χ3v) is 4.00. The Hall–Kier alpha value is -1.39. The van der Waals surface area contributed by atoms with Gasteiger partial charge in [0.1, 0.15) is 0 Å². The van der Waals surface area contributed by atoms with Gasteiger partial charge in [-0.25, -0.2) is 0 Å². The van der Waals surface area contributed by atoms with E-state index in [4.69, 9.17) is 5.73 Å². The molecule has 4 heteroatoms. The summed E-state index contributed by atoms with van der Waals surface area (Å²) in [5.41, 5.74) is 7.08. The molecule has 118 valence electrons. The number of carbonyl (C=O) groups excluding carboxylic acids is 1. The van der Waals surface area contributed by atoms with Crippen LogP contribution < -0.4 is 11.1 Å². The molecule has 4 N–H and O–H groups in total. The lowest BCUT2D eigenvalue weighted by Gasteiger charge is -2.21. The molecule has 0 bridgehead atoms. The van der Waals surface area contributed by atoms with Crippen LogP contribution in [0.2, 0.25) is 0 Å². The summed E-state index contributed by atoms with van der Waals surface area (Å²) in [4.78, 5) is 11.9. The van der Waals surface area contributed by atoms with E-state index in [9.17, 15) is 9.90 Å². The zero-order valence-corrected chi connectivity index (χ0v) is 13.1. The van der Waals surface area contributed by atoms with Gasteiger partial charge < -0.3 is 16.2 Å². The van der Waals surface area contributed by atoms with Gasteiger partial charge in [0.15, 0.2) is 0 Å². The molecule has 0 saturated heterocycles. The van der Waals surface area contributed by atoms with E-state index in [1.165, 1.54) is 5.56 Å². The minimum absolute atomic E-state index is 0.184. The predicted octanol–water partition coefficient (Wildman–Crippen LogP) is 1.86. The van der Waals surface area contributed by atoms with Crippen LogP contribution in [0.25, 0.3) is 0 Å². The van der Waals surface area contributed by atoms with E-state index in [-0.39, 0.29) is 18.4 Å². The van der Waals surface area contributed by atoms with Gasteiger partial charge in [0.2, 0.25) is 5.91 Å². The van der Waals surface area contributed by atoms with Crippen molar-refractivity contribution in [1.29, 1.82) is 0 Å². The Bertz CT molecular complexity index is 405. The number of carbonyl (C=O) groups is 1. The van der Waals surface area contributed by atoms with Gasteiger partial charge in [0.25, 0.3) is 0 Å². The fourth-order valence-electron chi connectivity index (χ4n) is 2.43. The summed E-state index contributed by atoms with van der Waals surface area (Å²) >= 11 is 0. The SMILES string of the molecule is CCC(CC)C(O)CNC(=O)[C@@H](N)CCc1ccccc1. The number of aryl methyl sites for hydroxylation is 1. The van der Waals surface area contributed by atoms with Crippen molar-refractivity contribution in [3.05, 3.63) is 35.9 Å². The second-order valence-corrected chi connectivity index (χ2v) is 5.52. The first-order valence-corrected chi connectivity index (χ1v) is 7.83. The first-order valence-electron chi connectivity index (χ1n) is 7.83. The number of hydrogen-bond donors (Lipinski definition) is 3. The molecule has 1 unspecified atom stereocenters. The average Bonchev–Trinajstić information content (AvgIpc) is 2.52. The average molecular weight is 292 g/mol. The zero-order valence-electron chi connectivity index (χ0n) is 13.1. The normalized spacial score (nSPS) is 14.0. The number of amides is 1. The Morgan fingerprint density at radius 2 is 1.86 bits per heavy atom. The molecule has 1 aromatic carbocycles. The summed E-state index contributed by atoms with van der Waals surface area (Å²) in [6, 6.07) is 9.46. The molecule has 0 heterocycles. The zero-order chi connectivity index (χ0) is 15.7. The van der Waals surface area contributed by atoms with Gasteiger partial charge in [-0.2, -0.15) is 0 Å². The minimum Gasteiger partial charge on any atom is -0.391 e. The van der Waals surface area contributed by atoms with Crippen molar-refractivity contribution in [3.63, 3.8) is 0 Å². The van der Waals surface area contributed by atoms with E-state index in [0.717, 1.165) is 19.3 Å². The highest BCUT2D eigenvalue weighted by atomic mass is 16.3. The highest BCUT2D eigenvalue weighted by Gasteiger charge is 2.18. The number of aliphatic hydroxyl groups is 1. The van der Waals surface area contributed by atoms with E-state index in [0.29, 0.717) is 6.42 Å². The number of aliphatic hydroxyl groups excluding tert-OH is 1. The van der Waals surface area contributed by atoms with E-state index < -0.39 is 12.1 Å². The van der Waals surface area contributed by atoms with Crippen molar-refractivity contribution >= 4 is 5.91 Å². The molecular formula is C17H28N2O2. The van der Waals surface area contributed by atoms with E-state index in [1.807, 2.05) is 44.2 Å². The van der Waals surface area contributed by atoms with Crippen LogP contribution in [-0.2, 0) is 11.2 Å². The van der Waals surface area contributed by atoms with Gasteiger partial charge in [-0.05, 0) is 24.3 Å². The number of hydrogen-bond acceptors (Lipinski definition) is 3. The van der Waals surface area contributed by atoms with Crippen LogP contribution in [0.4, 0.5) is 0 Å². The molecule has 0 radical (unpaired) electrons. The standard InChI is InChI=1S/C17H28N2O2/c1-3-14(4-2)16(20)12-19-17(21)15(18)11-10-13-8-6-5-7-9-13/h5-9,14-16,20H,3-4,10-12,18H2,1-2H3,(H,19,21)/t15-,16?/m0/s1. The molecule has 1 rings (SSSR count). The monoisotopic (exact) mass is 292 g/mol. The second-order valence-electron chi connectivity index (χ2n) is 5.52. The lowest BCUT2D eigenvalue weighted by Crippen LogP contribution is -2.44. The molecule has 21 heavy (non-hydrogen) atoms. The van der Waals surface area contributed by atoms with Crippen LogP contribution in [0, 0.1) is 5.92 Å². The van der Waals surface area contributed by atoms with Crippen LogP contribution in [0.1, 0.15) is 38.7 Å². The maximum absolute atomic E-state index is 11.9. The summed E-state index contributed by atoms with van der Waals surface area (Å²) in [6.07, 6.45) is 2.72. The lowest BCUT2D eigenvalue weighted by atomic mass is 9.96. The van der Waals surface area contributed by atoms with Crippen LogP contribution in [-0.4, -0.2) is 29.7 Å². The van der Waals surface area contributed by atoms with Crippen molar-refractivity contribution in [2.45, 2.75) is 51.7 Å². The van der Waals surface area contributed by atoms with Crippen molar-refractivity contribution < 1.29 is 9.90 Å². The third-order valence-electron chi connectivity index (χ3n) is 4.00. The number of rotatable bonds is 9. The van der Waals surface area contributed by atoms with E-state index >= 15 is 0 Å². The highest BCUT2D eigenvalue weighted by Crippen LogP contribution is 2.12. The van der Waals surface area contributed by atoms with Crippen molar-refractivity contribution in [2.75, 3.05) is 6.54 Å². The maximum atomic E-state index is 11.9. The number of benzene rings is 1. The molecule has 4 nitrogen and oxygen atoms in total. The largest absolute Gasteiger partial charge is 0.391 e. The Kier molecular flexibility index (Phi) is 8.01.